The van der Waals surface area contributed by atoms with Crippen molar-refractivity contribution in [2.45, 2.75) is 33.7 Å². The number of aromatic nitrogens is 1. The summed E-state index contributed by atoms with van der Waals surface area (Å²) in [5, 5.41) is 4.50. The molecule has 0 saturated carbocycles. The van der Waals surface area contributed by atoms with Crippen LogP contribution in [0.3, 0.4) is 0 Å². The summed E-state index contributed by atoms with van der Waals surface area (Å²) < 4.78 is 0. The molecule has 1 aromatic heterocycles. The first-order valence-corrected chi connectivity index (χ1v) is 6.72. The lowest BCUT2D eigenvalue weighted by atomic mass is 10.1. The highest BCUT2D eigenvalue weighted by molar-refractivity contribution is 7.15. The van der Waals surface area contributed by atoms with Crippen molar-refractivity contribution in [3.63, 3.8) is 0 Å². The minimum absolute atomic E-state index is 0.664. The Bertz CT molecular complexity index is 318. The predicted molar refractivity (Wildman–Crippen MR) is 72.4 cm³/mol. The number of nitrogens with zero attached hydrogens (tertiary/aromatic N) is 2. The van der Waals surface area contributed by atoms with Crippen LogP contribution >= 0.6 is 11.3 Å². The molecule has 0 radical (unpaired) electrons. The molecule has 0 spiro atoms. The third-order valence-electron chi connectivity index (χ3n) is 2.29. The summed E-state index contributed by atoms with van der Waals surface area (Å²) in [6, 6.07) is 0. The number of anilines is 1. The van der Waals surface area contributed by atoms with Crippen molar-refractivity contribution in [3.8, 4) is 0 Å². The van der Waals surface area contributed by atoms with Crippen molar-refractivity contribution >= 4 is 16.5 Å². The molecule has 0 aliphatic carbocycles. The van der Waals surface area contributed by atoms with Crippen molar-refractivity contribution in [3.05, 3.63) is 10.6 Å². The predicted octanol–water partition coefficient (Wildman–Crippen LogP) is 2.52. The van der Waals surface area contributed by atoms with Gasteiger partial charge in [-0.15, -0.1) is 11.3 Å². The van der Waals surface area contributed by atoms with Crippen molar-refractivity contribution in [1.82, 2.24) is 10.3 Å². The van der Waals surface area contributed by atoms with Crippen LogP contribution in [0.5, 0.6) is 0 Å². The maximum Gasteiger partial charge on any atom is 0.185 e. The maximum absolute atomic E-state index is 4.71. The molecule has 1 aromatic rings. The Morgan fingerprint density at radius 1 is 1.38 bits per heavy atom. The van der Waals surface area contributed by atoms with Gasteiger partial charge in [0.2, 0.25) is 0 Å². The molecule has 0 aliphatic heterocycles. The zero-order chi connectivity index (χ0) is 12.1. The Labute approximate surface area is 103 Å². The lowest BCUT2D eigenvalue weighted by molar-refractivity contribution is 0.627. The Balaban J connectivity index is 2.84. The highest BCUT2D eigenvalue weighted by atomic mass is 32.1. The van der Waals surface area contributed by atoms with Gasteiger partial charge < -0.3 is 10.2 Å². The van der Waals surface area contributed by atoms with Crippen molar-refractivity contribution in [2.75, 3.05) is 25.5 Å². The van der Waals surface area contributed by atoms with Gasteiger partial charge in [-0.2, -0.15) is 0 Å². The molecule has 0 atom stereocenters. The van der Waals surface area contributed by atoms with Crippen LogP contribution in [-0.4, -0.2) is 25.6 Å². The Kier molecular flexibility index (Phi) is 5.22. The van der Waals surface area contributed by atoms with E-state index in [0.29, 0.717) is 5.92 Å². The number of thiazole rings is 1. The van der Waals surface area contributed by atoms with Gasteiger partial charge in [0.25, 0.3) is 0 Å². The molecule has 3 nitrogen and oxygen atoms in total. The smallest absolute Gasteiger partial charge is 0.185 e. The van der Waals surface area contributed by atoms with Gasteiger partial charge >= 0.3 is 0 Å². The molecule has 92 valence electrons. The summed E-state index contributed by atoms with van der Waals surface area (Å²) in [7, 11) is 4.10. The van der Waals surface area contributed by atoms with Crippen LogP contribution < -0.4 is 10.2 Å². The first-order valence-electron chi connectivity index (χ1n) is 5.91. The van der Waals surface area contributed by atoms with Crippen LogP contribution in [0.1, 0.15) is 31.3 Å². The highest BCUT2D eigenvalue weighted by Crippen LogP contribution is 2.26. The average molecular weight is 241 g/mol. The van der Waals surface area contributed by atoms with Crippen LogP contribution in [-0.2, 0) is 13.0 Å². The molecule has 1 rings (SSSR count). The maximum atomic E-state index is 4.71. The number of rotatable bonds is 6. The van der Waals surface area contributed by atoms with E-state index in [4.69, 9.17) is 4.98 Å². The van der Waals surface area contributed by atoms with Crippen LogP contribution in [0.25, 0.3) is 0 Å². The van der Waals surface area contributed by atoms with Gasteiger partial charge in [-0.05, 0) is 18.9 Å². The lowest BCUT2D eigenvalue weighted by Crippen LogP contribution is -2.12. The van der Waals surface area contributed by atoms with Gasteiger partial charge in [0, 0.05) is 25.5 Å². The SMILES string of the molecule is CCNCc1sc(N(C)C)nc1CC(C)C. The van der Waals surface area contributed by atoms with E-state index in [1.54, 1.807) is 11.3 Å². The van der Waals surface area contributed by atoms with E-state index in [9.17, 15) is 0 Å². The first kappa shape index (κ1) is 13.5. The standard InChI is InChI=1S/C12H23N3S/c1-6-13-8-11-10(7-9(2)3)14-12(16-11)15(4)5/h9,13H,6-8H2,1-5H3. The van der Waals surface area contributed by atoms with Gasteiger partial charge in [0.05, 0.1) is 5.69 Å². The van der Waals surface area contributed by atoms with Gasteiger partial charge in [0.15, 0.2) is 5.13 Å². The van der Waals surface area contributed by atoms with E-state index in [2.05, 4.69) is 45.1 Å². The summed E-state index contributed by atoms with van der Waals surface area (Å²) in [5.41, 5.74) is 1.27. The average Bonchev–Trinajstić information content (AvgIpc) is 2.57. The van der Waals surface area contributed by atoms with Gasteiger partial charge in [-0.25, -0.2) is 4.98 Å². The number of hydrogen-bond donors (Lipinski definition) is 1. The zero-order valence-electron chi connectivity index (χ0n) is 11.0. The number of nitrogens with one attached hydrogen (secondary N) is 1. The molecule has 0 unspecified atom stereocenters. The monoisotopic (exact) mass is 241 g/mol. The van der Waals surface area contributed by atoms with Crippen molar-refractivity contribution in [2.24, 2.45) is 5.92 Å². The largest absolute Gasteiger partial charge is 0.354 e. The summed E-state index contributed by atoms with van der Waals surface area (Å²) in [4.78, 5) is 8.18. The van der Waals surface area contributed by atoms with E-state index in [-0.39, 0.29) is 0 Å². The third-order valence-corrected chi connectivity index (χ3v) is 3.55. The van der Waals surface area contributed by atoms with Crippen LogP contribution in [0, 0.1) is 5.92 Å². The molecule has 4 heteroatoms. The molecule has 0 aliphatic rings. The highest BCUT2D eigenvalue weighted by Gasteiger charge is 2.13. The van der Waals surface area contributed by atoms with E-state index in [1.165, 1.54) is 10.6 Å². The molecule has 0 saturated heterocycles. The van der Waals surface area contributed by atoms with Gasteiger partial charge in [-0.1, -0.05) is 20.8 Å². The Hall–Kier alpha value is -0.610. The van der Waals surface area contributed by atoms with E-state index in [1.807, 2.05) is 0 Å². The lowest BCUT2D eigenvalue weighted by Gasteiger charge is -2.06. The summed E-state index contributed by atoms with van der Waals surface area (Å²) in [6.45, 7) is 8.58. The molecular formula is C12H23N3S. The first-order chi connectivity index (χ1) is 7.54. The van der Waals surface area contributed by atoms with Crippen molar-refractivity contribution in [1.29, 1.82) is 0 Å². The Morgan fingerprint density at radius 2 is 2.06 bits per heavy atom. The molecule has 16 heavy (non-hydrogen) atoms. The number of hydrogen-bond acceptors (Lipinski definition) is 4. The fourth-order valence-corrected chi connectivity index (χ4v) is 2.46. The normalized spacial score (nSPS) is 11.1. The fraction of sp³-hybridized carbons (Fsp3) is 0.750. The molecule has 1 heterocycles. The minimum Gasteiger partial charge on any atom is -0.354 e. The second-order valence-corrected chi connectivity index (χ2v) is 5.70. The van der Waals surface area contributed by atoms with Crippen molar-refractivity contribution < 1.29 is 0 Å². The quantitative estimate of drug-likeness (QED) is 0.829. The second-order valence-electron chi connectivity index (χ2n) is 4.64. The van der Waals surface area contributed by atoms with Crippen LogP contribution in [0.15, 0.2) is 0 Å². The topological polar surface area (TPSA) is 28.2 Å². The molecular weight excluding hydrogens is 218 g/mol. The third kappa shape index (κ3) is 3.76. The summed E-state index contributed by atoms with van der Waals surface area (Å²) in [5.74, 6) is 0.664. The molecule has 0 fully saturated rings. The molecule has 0 amide bonds. The molecule has 0 bridgehead atoms. The minimum atomic E-state index is 0.664. The van der Waals surface area contributed by atoms with E-state index < -0.39 is 0 Å². The van der Waals surface area contributed by atoms with E-state index >= 15 is 0 Å². The van der Waals surface area contributed by atoms with E-state index in [0.717, 1.165) is 24.6 Å². The summed E-state index contributed by atoms with van der Waals surface area (Å²) in [6.07, 6.45) is 1.07. The van der Waals surface area contributed by atoms with Crippen LogP contribution in [0.2, 0.25) is 0 Å². The Morgan fingerprint density at radius 3 is 2.56 bits per heavy atom. The molecule has 1 N–H and O–H groups in total. The van der Waals surface area contributed by atoms with Crippen LogP contribution in [0.4, 0.5) is 5.13 Å². The van der Waals surface area contributed by atoms with Gasteiger partial charge in [0.1, 0.15) is 0 Å². The summed E-state index contributed by atoms with van der Waals surface area (Å²) >= 11 is 1.80. The second kappa shape index (κ2) is 6.21. The zero-order valence-corrected chi connectivity index (χ0v) is 11.8. The van der Waals surface area contributed by atoms with Gasteiger partial charge in [-0.3, -0.25) is 0 Å². The molecule has 0 aromatic carbocycles. The fourth-order valence-electron chi connectivity index (χ4n) is 1.48.